The quantitative estimate of drug-likeness (QED) is 0.616. The molecule has 0 aromatic heterocycles. The van der Waals surface area contributed by atoms with E-state index in [9.17, 15) is 4.79 Å². The van der Waals surface area contributed by atoms with Crippen LogP contribution in [0, 0.1) is 0 Å². The average Bonchev–Trinajstić information content (AvgIpc) is 3.11. The fourth-order valence-corrected chi connectivity index (χ4v) is 3.06. The van der Waals surface area contributed by atoms with Gasteiger partial charge in [0.05, 0.1) is 12.1 Å². The van der Waals surface area contributed by atoms with Gasteiger partial charge in [-0.15, -0.1) is 0 Å². The van der Waals surface area contributed by atoms with Gasteiger partial charge in [-0.05, 0) is 24.5 Å². The second-order valence-corrected chi connectivity index (χ2v) is 5.02. The third-order valence-electron chi connectivity index (χ3n) is 3.93. The van der Waals surface area contributed by atoms with Crippen molar-refractivity contribution in [3.8, 4) is 0 Å². The summed E-state index contributed by atoms with van der Waals surface area (Å²) in [4.78, 5) is 19.3. The molecule has 1 aliphatic heterocycles. The number of rotatable bonds is 3. The van der Waals surface area contributed by atoms with Gasteiger partial charge < -0.3 is 4.74 Å². The lowest BCUT2D eigenvalue weighted by atomic mass is 9.85. The van der Waals surface area contributed by atoms with Gasteiger partial charge in [-0.1, -0.05) is 31.0 Å². The average molecular weight is 256 g/mol. The van der Waals surface area contributed by atoms with Crippen molar-refractivity contribution in [2.24, 2.45) is 9.98 Å². The minimum atomic E-state index is -0.424. The molecule has 1 aromatic carbocycles. The molecule has 1 fully saturated rings. The number of isocyanates is 1. The third kappa shape index (κ3) is 2.08. The first-order chi connectivity index (χ1) is 9.36. The minimum absolute atomic E-state index is 0.424. The zero-order valence-electron chi connectivity index (χ0n) is 10.8. The van der Waals surface area contributed by atoms with Crippen molar-refractivity contribution in [3.05, 3.63) is 35.4 Å². The van der Waals surface area contributed by atoms with E-state index < -0.39 is 5.54 Å². The van der Waals surface area contributed by atoms with Crippen molar-refractivity contribution in [2.75, 3.05) is 13.2 Å². The Morgan fingerprint density at radius 1 is 1.26 bits per heavy atom. The smallest absolute Gasteiger partial charge is 0.235 e. The predicted molar refractivity (Wildman–Crippen MR) is 72.1 cm³/mol. The molecule has 0 amide bonds. The highest BCUT2D eigenvalue weighted by Crippen LogP contribution is 2.43. The van der Waals surface area contributed by atoms with Gasteiger partial charge in [-0.3, -0.25) is 0 Å². The van der Waals surface area contributed by atoms with Gasteiger partial charge in [0.25, 0.3) is 0 Å². The SMILES string of the molecule is O=C=NC1(c2ccccc2C2=NCCO2)CCCC1. The van der Waals surface area contributed by atoms with E-state index in [1.54, 1.807) is 6.08 Å². The van der Waals surface area contributed by atoms with E-state index in [1.807, 2.05) is 24.3 Å². The highest BCUT2D eigenvalue weighted by atomic mass is 16.5. The molecule has 0 radical (unpaired) electrons. The van der Waals surface area contributed by atoms with Gasteiger partial charge >= 0.3 is 0 Å². The van der Waals surface area contributed by atoms with Gasteiger partial charge in [0.2, 0.25) is 12.0 Å². The Balaban J connectivity index is 2.11. The molecule has 0 N–H and O–H groups in total. The largest absolute Gasteiger partial charge is 0.476 e. The lowest BCUT2D eigenvalue weighted by Gasteiger charge is -2.25. The summed E-state index contributed by atoms with van der Waals surface area (Å²) in [6.07, 6.45) is 5.73. The van der Waals surface area contributed by atoms with Crippen LogP contribution in [-0.4, -0.2) is 25.1 Å². The van der Waals surface area contributed by atoms with Crippen LogP contribution in [0.15, 0.2) is 34.3 Å². The number of aliphatic imine (C=N–C) groups is 2. The molecule has 0 unspecified atom stereocenters. The standard InChI is InChI=1S/C15H16N2O2/c18-11-17-15(7-3-4-8-15)13-6-2-1-5-12(13)14-16-9-10-19-14/h1-2,5-6H,3-4,7-10H2. The predicted octanol–water partition coefficient (Wildman–Crippen LogP) is 2.57. The first-order valence-corrected chi connectivity index (χ1v) is 6.72. The van der Waals surface area contributed by atoms with Crippen LogP contribution < -0.4 is 0 Å². The zero-order chi connectivity index (χ0) is 13.1. The summed E-state index contributed by atoms with van der Waals surface area (Å²) in [5, 5.41) is 0. The summed E-state index contributed by atoms with van der Waals surface area (Å²) >= 11 is 0. The Kier molecular flexibility index (Phi) is 3.18. The molecule has 19 heavy (non-hydrogen) atoms. The molecule has 3 rings (SSSR count). The second-order valence-electron chi connectivity index (χ2n) is 5.02. The first kappa shape index (κ1) is 12.1. The summed E-state index contributed by atoms with van der Waals surface area (Å²) in [6, 6.07) is 7.98. The van der Waals surface area contributed by atoms with Gasteiger partial charge in [0, 0.05) is 5.56 Å². The summed E-state index contributed by atoms with van der Waals surface area (Å²) < 4.78 is 5.57. The van der Waals surface area contributed by atoms with Crippen molar-refractivity contribution in [1.29, 1.82) is 0 Å². The van der Waals surface area contributed by atoms with Crippen molar-refractivity contribution in [3.63, 3.8) is 0 Å². The molecule has 1 saturated carbocycles. The zero-order valence-corrected chi connectivity index (χ0v) is 10.8. The Morgan fingerprint density at radius 2 is 2.05 bits per heavy atom. The van der Waals surface area contributed by atoms with E-state index in [2.05, 4.69) is 9.98 Å². The third-order valence-corrected chi connectivity index (χ3v) is 3.93. The summed E-state index contributed by atoms with van der Waals surface area (Å²) in [7, 11) is 0. The van der Waals surface area contributed by atoms with Crippen molar-refractivity contribution >= 4 is 12.0 Å². The number of ether oxygens (including phenoxy) is 1. The molecule has 1 heterocycles. The van der Waals surface area contributed by atoms with E-state index in [0.29, 0.717) is 19.0 Å². The Hall–Kier alpha value is -1.93. The number of hydrogen-bond donors (Lipinski definition) is 0. The molecule has 0 bridgehead atoms. The van der Waals surface area contributed by atoms with Crippen LogP contribution in [0.3, 0.4) is 0 Å². The number of carbonyl (C=O) groups excluding carboxylic acids is 1. The Morgan fingerprint density at radius 3 is 2.74 bits per heavy atom. The fourth-order valence-electron chi connectivity index (χ4n) is 3.06. The van der Waals surface area contributed by atoms with Gasteiger partial charge in [0.1, 0.15) is 6.61 Å². The van der Waals surface area contributed by atoms with E-state index in [0.717, 1.165) is 36.8 Å². The lowest BCUT2D eigenvalue weighted by Crippen LogP contribution is -2.23. The molecule has 4 nitrogen and oxygen atoms in total. The lowest BCUT2D eigenvalue weighted by molar-refractivity contribution is 0.347. The molecular formula is C15H16N2O2. The molecule has 2 aliphatic rings. The maximum atomic E-state index is 10.8. The highest BCUT2D eigenvalue weighted by molar-refractivity contribution is 5.96. The van der Waals surface area contributed by atoms with Crippen molar-refractivity contribution < 1.29 is 9.53 Å². The molecule has 4 heteroatoms. The first-order valence-electron chi connectivity index (χ1n) is 6.72. The normalized spacial score (nSPS) is 20.5. The maximum absolute atomic E-state index is 10.8. The van der Waals surface area contributed by atoms with E-state index in [-0.39, 0.29) is 0 Å². The van der Waals surface area contributed by atoms with Gasteiger partial charge in [-0.2, -0.15) is 4.99 Å². The molecular weight excluding hydrogens is 240 g/mol. The van der Waals surface area contributed by atoms with Crippen molar-refractivity contribution in [1.82, 2.24) is 0 Å². The number of nitrogens with zero attached hydrogens (tertiary/aromatic N) is 2. The maximum Gasteiger partial charge on any atom is 0.235 e. The van der Waals surface area contributed by atoms with Gasteiger partial charge in [0.15, 0.2) is 0 Å². The molecule has 98 valence electrons. The summed E-state index contributed by atoms with van der Waals surface area (Å²) in [5.74, 6) is 0.683. The van der Waals surface area contributed by atoms with Crippen LogP contribution >= 0.6 is 0 Å². The van der Waals surface area contributed by atoms with Crippen LogP contribution in [0.25, 0.3) is 0 Å². The van der Waals surface area contributed by atoms with Crippen LogP contribution in [-0.2, 0) is 15.1 Å². The summed E-state index contributed by atoms with van der Waals surface area (Å²) in [5.41, 5.74) is 1.60. The number of benzene rings is 1. The second kappa shape index (κ2) is 4.98. The monoisotopic (exact) mass is 256 g/mol. The van der Waals surface area contributed by atoms with Gasteiger partial charge in [-0.25, -0.2) is 9.79 Å². The highest BCUT2D eigenvalue weighted by Gasteiger charge is 2.38. The summed E-state index contributed by atoms with van der Waals surface area (Å²) in [6.45, 7) is 1.33. The van der Waals surface area contributed by atoms with E-state index >= 15 is 0 Å². The minimum Gasteiger partial charge on any atom is -0.476 e. The molecule has 1 aliphatic carbocycles. The molecule has 1 aromatic rings. The van der Waals surface area contributed by atoms with Crippen LogP contribution in [0.2, 0.25) is 0 Å². The molecule has 0 spiro atoms. The topological polar surface area (TPSA) is 51.0 Å². The number of hydrogen-bond acceptors (Lipinski definition) is 4. The van der Waals surface area contributed by atoms with E-state index in [1.165, 1.54) is 0 Å². The molecule has 0 atom stereocenters. The van der Waals surface area contributed by atoms with E-state index in [4.69, 9.17) is 4.74 Å². The Labute approximate surface area is 112 Å². The molecule has 0 saturated heterocycles. The van der Waals surface area contributed by atoms with Crippen molar-refractivity contribution in [2.45, 2.75) is 31.2 Å². The van der Waals surface area contributed by atoms with Crippen LogP contribution in [0.4, 0.5) is 0 Å². The van der Waals surface area contributed by atoms with Crippen LogP contribution in [0.1, 0.15) is 36.8 Å². The van der Waals surface area contributed by atoms with Crippen LogP contribution in [0.5, 0.6) is 0 Å². The fraction of sp³-hybridized carbons (Fsp3) is 0.467. The Bertz CT molecular complexity index is 553.